The fraction of sp³-hybridized carbons (Fsp3) is 0.417. The lowest BCUT2D eigenvalue weighted by Gasteiger charge is -2.36. The smallest absolute Gasteiger partial charge is 0.250 e. The van der Waals surface area contributed by atoms with Crippen LogP contribution in [0.1, 0.15) is 36.0 Å². The number of nitrogens with one attached hydrogen (secondary N) is 2. The van der Waals surface area contributed by atoms with Gasteiger partial charge >= 0.3 is 0 Å². The second-order valence-electron chi connectivity index (χ2n) is 8.84. The summed E-state index contributed by atoms with van der Waals surface area (Å²) in [6, 6.07) is 9.48. The lowest BCUT2D eigenvalue weighted by Crippen LogP contribution is -2.53. The van der Waals surface area contributed by atoms with E-state index in [2.05, 4.69) is 27.7 Å². The first kappa shape index (κ1) is 20.3. The number of rotatable bonds is 3. The molecule has 1 spiro atoms. The summed E-state index contributed by atoms with van der Waals surface area (Å²) in [5.41, 5.74) is 3.42. The molecule has 2 N–H and O–H groups in total. The number of halogens is 1. The van der Waals surface area contributed by atoms with E-state index in [0.717, 1.165) is 41.8 Å². The predicted octanol–water partition coefficient (Wildman–Crippen LogP) is 4.24. The van der Waals surface area contributed by atoms with E-state index in [0.29, 0.717) is 22.9 Å². The molecule has 0 unspecified atom stereocenters. The quantitative estimate of drug-likeness (QED) is 0.750. The minimum absolute atomic E-state index is 0.0983. The SMILES string of the molecule is COc1ccc(Cl)cc1NC(=O)[C@@H]1C[C@@H]2CCCN2[C@]12C(=O)Nc1c(C)cc(C)cc12. The van der Waals surface area contributed by atoms with Crippen LogP contribution in [0.15, 0.2) is 30.3 Å². The summed E-state index contributed by atoms with van der Waals surface area (Å²) in [6.45, 7) is 4.86. The summed E-state index contributed by atoms with van der Waals surface area (Å²) in [6.07, 6.45) is 2.68. The first-order chi connectivity index (χ1) is 14.9. The van der Waals surface area contributed by atoms with E-state index in [9.17, 15) is 9.59 Å². The van der Waals surface area contributed by atoms with Gasteiger partial charge in [0.05, 0.1) is 18.7 Å². The highest BCUT2D eigenvalue weighted by atomic mass is 35.5. The molecular formula is C24H26ClN3O3. The summed E-state index contributed by atoms with van der Waals surface area (Å²) < 4.78 is 5.40. The Bertz CT molecular complexity index is 1100. The van der Waals surface area contributed by atoms with E-state index in [1.165, 1.54) is 0 Å². The highest BCUT2D eigenvalue weighted by Gasteiger charge is 2.65. The highest BCUT2D eigenvalue weighted by molar-refractivity contribution is 6.31. The average molecular weight is 440 g/mol. The monoisotopic (exact) mass is 439 g/mol. The van der Waals surface area contributed by atoms with Crippen LogP contribution in [0.25, 0.3) is 0 Å². The van der Waals surface area contributed by atoms with Gasteiger partial charge in [-0.1, -0.05) is 29.3 Å². The molecule has 5 rings (SSSR count). The van der Waals surface area contributed by atoms with Crippen LogP contribution in [-0.4, -0.2) is 36.4 Å². The normalized spacial score (nSPS) is 26.6. The molecule has 0 radical (unpaired) electrons. The highest BCUT2D eigenvalue weighted by Crippen LogP contribution is 2.56. The van der Waals surface area contributed by atoms with E-state index in [-0.39, 0.29) is 17.9 Å². The molecule has 0 aliphatic carbocycles. The van der Waals surface area contributed by atoms with Crippen LogP contribution >= 0.6 is 11.6 Å². The molecular weight excluding hydrogens is 414 g/mol. The minimum Gasteiger partial charge on any atom is -0.495 e. The molecule has 2 aromatic carbocycles. The van der Waals surface area contributed by atoms with E-state index in [4.69, 9.17) is 16.3 Å². The van der Waals surface area contributed by atoms with Crippen LogP contribution in [0.4, 0.5) is 11.4 Å². The number of hydrogen-bond acceptors (Lipinski definition) is 4. The van der Waals surface area contributed by atoms with Crippen molar-refractivity contribution in [2.45, 2.75) is 44.7 Å². The largest absolute Gasteiger partial charge is 0.495 e. The fourth-order valence-corrected chi connectivity index (χ4v) is 6.05. The number of carbonyl (C=O) groups is 2. The summed E-state index contributed by atoms with van der Waals surface area (Å²) >= 11 is 6.16. The Morgan fingerprint density at radius 2 is 2.10 bits per heavy atom. The number of nitrogens with zero attached hydrogens (tertiary/aromatic N) is 1. The van der Waals surface area contributed by atoms with Gasteiger partial charge in [0, 0.05) is 22.3 Å². The number of amides is 2. The molecule has 2 aromatic rings. The van der Waals surface area contributed by atoms with Gasteiger partial charge in [0.15, 0.2) is 0 Å². The van der Waals surface area contributed by atoms with Gasteiger partial charge < -0.3 is 15.4 Å². The van der Waals surface area contributed by atoms with Crippen LogP contribution in [-0.2, 0) is 15.1 Å². The molecule has 0 bridgehead atoms. The second kappa shape index (κ2) is 7.24. The standard InChI is InChI=1S/C24H26ClN3O3/c1-13-9-14(2)21-17(10-13)24(23(30)27-21)18(12-16-5-4-8-28(16)24)22(29)26-19-11-15(25)6-7-20(19)31-3/h6-7,9-11,16,18H,4-5,8,12H2,1-3H3,(H,26,29)(H,27,30)/t16-,18-,24-/m0/s1. The van der Waals surface area contributed by atoms with Crippen molar-refractivity contribution < 1.29 is 14.3 Å². The van der Waals surface area contributed by atoms with Gasteiger partial charge in [-0.2, -0.15) is 0 Å². The van der Waals surface area contributed by atoms with Crippen LogP contribution < -0.4 is 15.4 Å². The number of hydrogen-bond donors (Lipinski definition) is 2. The van der Waals surface area contributed by atoms with E-state index in [1.54, 1.807) is 25.3 Å². The third kappa shape index (κ3) is 2.88. The Morgan fingerprint density at radius 3 is 2.87 bits per heavy atom. The van der Waals surface area contributed by atoms with Crippen molar-refractivity contribution in [3.8, 4) is 5.75 Å². The van der Waals surface area contributed by atoms with Gasteiger partial charge in [0.25, 0.3) is 0 Å². The Hall–Kier alpha value is -2.57. The van der Waals surface area contributed by atoms with Crippen LogP contribution in [0, 0.1) is 19.8 Å². The van der Waals surface area contributed by atoms with Crippen molar-refractivity contribution in [1.29, 1.82) is 0 Å². The van der Waals surface area contributed by atoms with Gasteiger partial charge in [-0.05, 0) is 63.4 Å². The maximum atomic E-state index is 13.7. The zero-order valence-corrected chi connectivity index (χ0v) is 18.7. The van der Waals surface area contributed by atoms with Gasteiger partial charge in [0.1, 0.15) is 11.3 Å². The second-order valence-corrected chi connectivity index (χ2v) is 9.27. The number of ether oxygens (including phenoxy) is 1. The molecule has 3 aliphatic heterocycles. The minimum atomic E-state index is -0.983. The number of aryl methyl sites for hydroxylation is 2. The fourth-order valence-electron chi connectivity index (χ4n) is 5.88. The number of carbonyl (C=O) groups excluding carboxylic acids is 2. The number of methoxy groups -OCH3 is 1. The molecule has 6 nitrogen and oxygen atoms in total. The molecule has 3 aliphatic rings. The Kier molecular flexibility index (Phi) is 4.75. The molecule has 2 amide bonds. The summed E-state index contributed by atoms with van der Waals surface area (Å²) in [5.74, 6) is -0.256. The molecule has 0 saturated carbocycles. The lowest BCUT2D eigenvalue weighted by atomic mass is 9.77. The van der Waals surface area contributed by atoms with Crippen LogP contribution in [0.2, 0.25) is 5.02 Å². The van der Waals surface area contributed by atoms with E-state index < -0.39 is 11.5 Å². The Balaban J connectivity index is 1.61. The average Bonchev–Trinajstić information content (AvgIpc) is 3.37. The van der Waals surface area contributed by atoms with Crippen molar-refractivity contribution in [3.63, 3.8) is 0 Å². The predicted molar refractivity (Wildman–Crippen MR) is 121 cm³/mol. The van der Waals surface area contributed by atoms with Crippen molar-refractivity contribution >= 4 is 34.8 Å². The molecule has 0 aromatic heterocycles. The Labute approximate surface area is 186 Å². The van der Waals surface area contributed by atoms with E-state index in [1.807, 2.05) is 13.8 Å². The van der Waals surface area contributed by atoms with Crippen molar-refractivity contribution in [3.05, 3.63) is 52.0 Å². The van der Waals surface area contributed by atoms with Gasteiger partial charge in [0.2, 0.25) is 11.8 Å². The molecule has 2 fully saturated rings. The first-order valence-electron chi connectivity index (χ1n) is 10.7. The van der Waals surface area contributed by atoms with Crippen LogP contribution in [0.5, 0.6) is 5.75 Å². The van der Waals surface area contributed by atoms with Gasteiger partial charge in [-0.25, -0.2) is 0 Å². The van der Waals surface area contributed by atoms with E-state index >= 15 is 0 Å². The van der Waals surface area contributed by atoms with Gasteiger partial charge in [-0.3, -0.25) is 14.5 Å². The molecule has 162 valence electrons. The number of fused-ring (bicyclic) bond motifs is 4. The molecule has 7 heteroatoms. The van der Waals surface area contributed by atoms with Crippen molar-refractivity contribution in [2.75, 3.05) is 24.3 Å². The van der Waals surface area contributed by atoms with Crippen LogP contribution in [0.3, 0.4) is 0 Å². The molecule has 2 saturated heterocycles. The number of benzene rings is 2. The van der Waals surface area contributed by atoms with Crippen molar-refractivity contribution in [2.24, 2.45) is 5.92 Å². The topological polar surface area (TPSA) is 70.7 Å². The number of anilines is 2. The first-order valence-corrected chi connectivity index (χ1v) is 11.1. The summed E-state index contributed by atoms with van der Waals surface area (Å²) in [5, 5.41) is 6.63. The summed E-state index contributed by atoms with van der Waals surface area (Å²) in [7, 11) is 1.55. The zero-order chi connectivity index (χ0) is 21.9. The maximum Gasteiger partial charge on any atom is 0.250 e. The van der Waals surface area contributed by atoms with Gasteiger partial charge in [-0.15, -0.1) is 0 Å². The van der Waals surface area contributed by atoms with Crippen molar-refractivity contribution in [1.82, 2.24) is 4.90 Å². The third-order valence-corrected chi connectivity index (χ3v) is 7.29. The maximum absolute atomic E-state index is 13.7. The molecule has 3 heterocycles. The Morgan fingerprint density at radius 1 is 1.29 bits per heavy atom. The third-order valence-electron chi connectivity index (χ3n) is 7.05. The lowest BCUT2D eigenvalue weighted by molar-refractivity contribution is -0.135. The molecule has 3 atom stereocenters. The molecule has 31 heavy (non-hydrogen) atoms. The zero-order valence-electron chi connectivity index (χ0n) is 17.9. The summed E-state index contributed by atoms with van der Waals surface area (Å²) in [4.78, 5) is 29.6.